The molecule has 0 aliphatic carbocycles. The Morgan fingerprint density at radius 3 is 2.93 bits per heavy atom. The van der Waals surface area contributed by atoms with Crippen molar-refractivity contribution in [2.24, 2.45) is 0 Å². The van der Waals surface area contributed by atoms with E-state index in [-0.39, 0.29) is 0 Å². The van der Waals surface area contributed by atoms with Crippen molar-refractivity contribution in [2.45, 2.75) is 38.7 Å². The number of thiophene rings is 1. The summed E-state index contributed by atoms with van der Waals surface area (Å²) in [5.41, 5.74) is 0. The molecule has 0 bridgehead atoms. The molecule has 1 aromatic rings. The summed E-state index contributed by atoms with van der Waals surface area (Å²) in [6.45, 7) is 4.41. The number of ether oxygens (including phenoxy) is 1. The predicted molar refractivity (Wildman–Crippen MR) is 64.8 cm³/mol. The van der Waals surface area contributed by atoms with Crippen LogP contribution in [0, 0.1) is 0 Å². The molecule has 84 valence electrons. The summed E-state index contributed by atoms with van der Waals surface area (Å²) < 4.78 is 5.96. The minimum atomic E-state index is 0.430. The largest absolute Gasteiger partial charge is 0.481 e. The monoisotopic (exact) mass is 225 g/mol. The highest BCUT2D eigenvalue weighted by Gasteiger charge is 2.15. The molecule has 0 saturated carbocycles. The van der Waals surface area contributed by atoms with Crippen LogP contribution < -0.4 is 10.1 Å². The molecule has 15 heavy (non-hydrogen) atoms. The lowest BCUT2D eigenvalue weighted by Gasteiger charge is -2.22. The fourth-order valence-electron chi connectivity index (χ4n) is 1.88. The predicted octanol–water partition coefficient (Wildman–Crippen LogP) is 2.83. The van der Waals surface area contributed by atoms with Gasteiger partial charge in [0.2, 0.25) is 0 Å². The zero-order chi connectivity index (χ0) is 10.5. The maximum atomic E-state index is 5.96. The van der Waals surface area contributed by atoms with Crippen LogP contribution in [0.1, 0.15) is 31.1 Å². The highest BCUT2D eigenvalue weighted by Crippen LogP contribution is 2.27. The van der Waals surface area contributed by atoms with Crippen LogP contribution in [0.4, 0.5) is 0 Å². The first-order chi connectivity index (χ1) is 7.38. The highest BCUT2D eigenvalue weighted by molar-refractivity contribution is 7.13. The van der Waals surface area contributed by atoms with Crippen molar-refractivity contribution in [3.05, 3.63) is 17.0 Å². The summed E-state index contributed by atoms with van der Waals surface area (Å²) in [4.78, 5) is 1.45. The molecule has 1 saturated heterocycles. The molecule has 0 spiro atoms. The third-order valence-electron chi connectivity index (χ3n) is 2.70. The molecular weight excluding hydrogens is 206 g/mol. The van der Waals surface area contributed by atoms with Gasteiger partial charge in [0.05, 0.1) is 0 Å². The van der Waals surface area contributed by atoms with Crippen molar-refractivity contribution in [1.29, 1.82) is 0 Å². The van der Waals surface area contributed by atoms with Crippen LogP contribution >= 0.6 is 11.3 Å². The SMILES string of the molecule is CCCc1ccc(OC2CCNCC2)s1. The minimum absolute atomic E-state index is 0.430. The Morgan fingerprint density at radius 1 is 1.40 bits per heavy atom. The smallest absolute Gasteiger partial charge is 0.174 e. The van der Waals surface area contributed by atoms with Crippen LogP contribution in [0.3, 0.4) is 0 Å². The lowest BCUT2D eigenvalue weighted by atomic mass is 10.1. The van der Waals surface area contributed by atoms with Gasteiger partial charge in [0.15, 0.2) is 5.06 Å². The lowest BCUT2D eigenvalue weighted by molar-refractivity contribution is 0.168. The Hall–Kier alpha value is -0.540. The first kappa shape index (κ1) is 11.0. The molecule has 1 N–H and O–H groups in total. The van der Waals surface area contributed by atoms with Crippen molar-refractivity contribution in [2.75, 3.05) is 13.1 Å². The summed E-state index contributed by atoms with van der Waals surface area (Å²) in [5.74, 6) is 0. The van der Waals surface area contributed by atoms with Crippen LogP contribution in [0.5, 0.6) is 5.06 Å². The van der Waals surface area contributed by atoms with E-state index in [0.717, 1.165) is 31.0 Å². The average Bonchev–Trinajstić information content (AvgIpc) is 2.68. The molecular formula is C12H19NOS. The second-order valence-electron chi connectivity index (χ2n) is 4.04. The standard InChI is InChI=1S/C12H19NOS/c1-2-3-11-4-5-12(15-11)14-10-6-8-13-9-7-10/h4-5,10,13H,2-3,6-9H2,1H3. The van der Waals surface area contributed by atoms with Crippen LogP contribution in [-0.4, -0.2) is 19.2 Å². The van der Waals surface area contributed by atoms with Gasteiger partial charge in [0.1, 0.15) is 6.10 Å². The van der Waals surface area contributed by atoms with Gasteiger partial charge in [-0.05, 0) is 44.5 Å². The summed E-state index contributed by atoms with van der Waals surface area (Å²) in [5, 5.41) is 4.45. The van der Waals surface area contributed by atoms with Crippen LogP contribution in [0.25, 0.3) is 0 Å². The zero-order valence-corrected chi connectivity index (χ0v) is 10.1. The molecule has 1 aliphatic heterocycles. The van der Waals surface area contributed by atoms with Crippen LogP contribution in [0.15, 0.2) is 12.1 Å². The van der Waals surface area contributed by atoms with Gasteiger partial charge in [-0.2, -0.15) is 0 Å². The van der Waals surface area contributed by atoms with Crippen molar-refractivity contribution in [3.8, 4) is 5.06 Å². The van der Waals surface area contributed by atoms with E-state index < -0.39 is 0 Å². The first-order valence-corrected chi connectivity index (χ1v) is 6.66. The van der Waals surface area contributed by atoms with E-state index in [1.807, 2.05) is 11.3 Å². The molecule has 1 fully saturated rings. The third kappa shape index (κ3) is 3.21. The van der Waals surface area contributed by atoms with Gasteiger partial charge in [0, 0.05) is 4.88 Å². The van der Waals surface area contributed by atoms with Gasteiger partial charge in [-0.1, -0.05) is 13.3 Å². The van der Waals surface area contributed by atoms with Gasteiger partial charge in [-0.15, -0.1) is 11.3 Å². The maximum Gasteiger partial charge on any atom is 0.174 e. The van der Waals surface area contributed by atoms with Crippen molar-refractivity contribution in [3.63, 3.8) is 0 Å². The van der Waals surface area contributed by atoms with E-state index in [1.165, 1.54) is 17.7 Å². The molecule has 1 aliphatic rings. The highest BCUT2D eigenvalue weighted by atomic mass is 32.1. The lowest BCUT2D eigenvalue weighted by Crippen LogP contribution is -2.33. The normalized spacial score (nSPS) is 17.9. The van der Waals surface area contributed by atoms with Gasteiger partial charge in [-0.3, -0.25) is 0 Å². The van der Waals surface area contributed by atoms with E-state index in [0.29, 0.717) is 6.10 Å². The molecule has 2 rings (SSSR count). The number of hydrogen-bond acceptors (Lipinski definition) is 3. The van der Waals surface area contributed by atoms with Crippen LogP contribution in [-0.2, 0) is 6.42 Å². The molecule has 3 heteroatoms. The van der Waals surface area contributed by atoms with Gasteiger partial charge < -0.3 is 10.1 Å². The van der Waals surface area contributed by atoms with Crippen LogP contribution in [0.2, 0.25) is 0 Å². The Balaban J connectivity index is 1.86. The van der Waals surface area contributed by atoms with Gasteiger partial charge in [0.25, 0.3) is 0 Å². The Kier molecular flexibility index (Phi) is 4.03. The number of hydrogen-bond donors (Lipinski definition) is 1. The third-order valence-corrected chi connectivity index (χ3v) is 3.74. The van der Waals surface area contributed by atoms with E-state index in [4.69, 9.17) is 4.74 Å². The Bertz CT molecular complexity index is 292. The van der Waals surface area contributed by atoms with E-state index in [2.05, 4.69) is 24.4 Å². The fourth-order valence-corrected chi connectivity index (χ4v) is 2.90. The van der Waals surface area contributed by atoms with Crippen molar-refractivity contribution in [1.82, 2.24) is 5.32 Å². The van der Waals surface area contributed by atoms with Gasteiger partial charge >= 0.3 is 0 Å². The number of rotatable bonds is 4. The zero-order valence-electron chi connectivity index (χ0n) is 9.29. The topological polar surface area (TPSA) is 21.3 Å². The number of aryl methyl sites for hydroxylation is 1. The number of piperidine rings is 1. The molecule has 0 radical (unpaired) electrons. The Labute approximate surface area is 95.6 Å². The summed E-state index contributed by atoms with van der Waals surface area (Å²) in [6, 6.07) is 4.32. The molecule has 0 amide bonds. The molecule has 2 heterocycles. The van der Waals surface area contributed by atoms with E-state index >= 15 is 0 Å². The van der Waals surface area contributed by atoms with E-state index in [1.54, 1.807) is 0 Å². The molecule has 0 atom stereocenters. The maximum absolute atomic E-state index is 5.96. The molecule has 2 nitrogen and oxygen atoms in total. The summed E-state index contributed by atoms with van der Waals surface area (Å²) in [6.07, 6.45) is 5.11. The Morgan fingerprint density at radius 2 is 2.20 bits per heavy atom. The molecule has 0 aromatic carbocycles. The minimum Gasteiger partial charge on any atom is -0.481 e. The summed E-state index contributed by atoms with van der Waals surface area (Å²) >= 11 is 1.81. The van der Waals surface area contributed by atoms with Crippen molar-refractivity contribution < 1.29 is 4.74 Å². The van der Waals surface area contributed by atoms with Crippen molar-refractivity contribution >= 4 is 11.3 Å². The first-order valence-electron chi connectivity index (χ1n) is 5.84. The molecule has 0 unspecified atom stereocenters. The fraction of sp³-hybridized carbons (Fsp3) is 0.667. The number of nitrogens with one attached hydrogen (secondary N) is 1. The second kappa shape index (κ2) is 5.52. The molecule has 1 aromatic heterocycles. The van der Waals surface area contributed by atoms with Gasteiger partial charge in [-0.25, -0.2) is 0 Å². The second-order valence-corrected chi connectivity index (χ2v) is 5.17. The quantitative estimate of drug-likeness (QED) is 0.851. The average molecular weight is 225 g/mol. The van der Waals surface area contributed by atoms with E-state index in [9.17, 15) is 0 Å². The summed E-state index contributed by atoms with van der Waals surface area (Å²) in [7, 11) is 0.